The Labute approximate surface area is 351 Å². The van der Waals surface area contributed by atoms with E-state index in [-0.39, 0.29) is 47.9 Å². The third kappa shape index (κ3) is 11.9. The van der Waals surface area contributed by atoms with Gasteiger partial charge in [-0.1, -0.05) is 109 Å². The van der Waals surface area contributed by atoms with Crippen LogP contribution in [0.1, 0.15) is 115 Å². The lowest BCUT2D eigenvalue weighted by Gasteiger charge is -2.41. The molecule has 0 aliphatic carbocycles. The summed E-state index contributed by atoms with van der Waals surface area (Å²) in [5.41, 5.74) is 1.59. The highest BCUT2D eigenvalue weighted by Crippen LogP contribution is 2.27. The fourth-order valence-corrected chi connectivity index (χ4v) is 8.21. The van der Waals surface area contributed by atoms with Gasteiger partial charge in [0.25, 0.3) is 0 Å². The monoisotopic (exact) mass is 814 g/mol. The molecule has 4 amide bonds. The Morgan fingerprint density at radius 2 is 1.46 bits per heavy atom. The van der Waals surface area contributed by atoms with Gasteiger partial charge in [0.1, 0.15) is 18.1 Å². The second-order valence-corrected chi connectivity index (χ2v) is 17.7. The van der Waals surface area contributed by atoms with Crippen molar-refractivity contribution in [3.05, 3.63) is 82.9 Å². The molecule has 59 heavy (non-hydrogen) atoms. The lowest BCUT2D eigenvalue weighted by atomic mass is 9.84. The lowest BCUT2D eigenvalue weighted by molar-refractivity contribution is -0.146. The number of nitrogens with zero attached hydrogens (tertiary/aromatic N) is 3. The Balaban J connectivity index is 1.46. The molecule has 12 heteroatoms. The third-order valence-electron chi connectivity index (χ3n) is 11.9. The van der Waals surface area contributed by atoms with Crippen molar-refractivity contribution in [2.75, 3.05) is 27.2 Å². The molecule has 2 aromatic rings. The number of carbonyl (C=O) groups excluding carboxylic acids is 6. The molecule has 0 bridgehead atoms. The first kappa shape index (κ1) is 46.8. The first-order chi connectivity index (χ1) is 27.9. The number of benzene rings is 2. The number of esters is 1. The van der Waals surface area contributed by atoms with Gasteiger partial charge < -0.3 is 25.2 Å². The average molecular weight is 814 g/mol. The van der Waals surface area contributed by atoms with E-state index in [1.54, 1.807) is 73.5 Å². The van der Waals surface area contributed by atoms with Gasteiger partial charge >= 0.3 is 5.97 Å². The highest BCUT2D eigenvalue weighted by Gasteiger charge is 2.41. The summed E-state index contributed by atoms with van der Waals surface area (Å²) < 4.78 is 5.04. The van der Waals surface area contributed by atoms with E-state index in [1.807, 2.05) is 40.7 Å². The molecule has 2 aliphatic heterocycles. The Morgan fingerprint density at radius 1 is 0.847 bits per heavy atom. The van der Waals surface area contributed by atoms with Gasteiger partial charge in [-0.2, -0.15) is 0 Å². The van der Waals surface area contributed by atoms with Crippen LogP contribution in [0, 0.1) is 11.3 Å². The zero-order chi connectivity index (χ0) is 43.6. The van der Waals surface area contributed by atoms with Crippen LogP contribution < -0.4 is 10.6 Å². The van der Waals surface area contributed by atoms with Crippen molar-refractivity contribution in [2.45, 2.75) is 137 Å². The van der Waals surface area contributed by atoms with Gasteiger partial charge in [-0.05, 0) is 69.4 Å². The average Bonchev–Trinajstić information content (AvgIpc) is 3.73. The molecule has 2 fully saturated rings. The molecule has 0 aromatic heterocycles. The van der Waals surface area contributed by atoms with Gasteiger partial charge in [-0.3, -0.25) is 28.9 Å². The van der Waals surface area contributed by atoms with Crippen molar-refractivity contribution in [1.82, 2.24) is 25.3 Å². The highest BCUT2D eigenvalue weighted by molar-refractivity contribution is 6.09. The second-order valence-electron chi connectivity index (χ2n) is 17.7. The Morgan fingerprint density at radius 3 is 2.05 bits per heavy atom. The number of amides is 4. The number of piperidine rings is 1. The number of rotatable bonds is 16. The maximum Gasteiger partial charge on any atom is 0.328 e. The third-order valence-corrected chi connectivity index (χ3v) is 11.9. The molecule has 0 radical (unpaired) electrons. The zero-order valence-electron chi connectivity index (χ0n) is 36.9. The van der Waals surface area contributed by atoms with Gasteiger partial charge in [0.15, 0.2) is 5.78 Å². The van der Waals surface area contributed by atoms with Crippen molar-refractivity contribution >= 4 is 35.4 Å². The number of likely N-dealkylation sites (N-methyl/N-ethyl adjacent to an activating group) is 1. The van der Waals surface area contributed by atoms with E-state index in [0.717, 1.165) is 37.8 Å². The number of likely N-dealkylation sites (tertiary alicyclic amines) is 2. The maximum absolute atomic E-state index is 14.4. The minimum atomic E-state index is -1.02. The molecule has 6 atom stereocenters. The quantitative estimate of drug-likeness (QED) is 0.124. The van der Waals surface area contributed by atoms with Gasteiger partial charge in [0, 0.05) is 42.8 Å². The van der Waals surface area contributed by atoms with Crippen LogP contribution in [0.2, 0.25) is 0 Å². The molecular formula is C47H67N5O7. The number of hydrogen-bond donors (Lipinski definition) is 2. The van der Waals surface area contributed by atoms with Gasteiger partial charge in [-0.15, -0.1) is 0 Å². The summed E-state index contributed by atoms with van der Waals surface area (Å²) in [7, 11) is 2.97. The van der Waals surface area contributed by atoms with Gasteiger partial charge in [0.05, 0.1) is 19.2 Å². The van der Waals surface area contributed by atoms with E-state index in [1.165, 1.54) is 12.0 Å². The molecule has 0 spiro atoms. The molecule has 2 N–H and O–H groups in total. The van der Waals surface area contributed by atoms with Crippen molar-refractivity contribution in [2.24, 2.45) is 11.3 Å². The van der Waals surface area contributed by atoms with Gasteiger partial charge in [0.2, 0.25) is 23.6 Å². The number of nitrogens with one attached hydrogen (secondary N) is 2. The zero-order valence-corrected chi connectivity index (χ0v) is 36.9. The lowest BCUT2D eigenvalue weighted by Crippen LogP contribution is -2.60. The van der Waals surface area contributed by atoms with E-state index >= 15 is 0 Å². The van der Waals surface area contributed by atoms with Crippen LogP contribution in [0.4, 0.5) is 0 Å². The van der Waals surface area contributed by atoms with Crippen LogP contribution in [0.25, 0.3) is 0 Å². The number of ether oxygens (including phenoxy) is 1. The van der Waals surface area contributed by atoms with E-state index in [9.17, 15) is 28.8 Å². The predicted molar refractivity (Wildman–Crippen MR) is 229 cm³/mol. The summed E-state index contributed by atoms with van der Waals surface area (Å²) in [6, 6.07) is 12.7. The van der Waals surface area contributed by atoms with Crippen molar-refractivity contribution < 1.29 is 33.5 Å². The number of ketones is 1. The predicted octanol–water partition coefficient (Wildman–Crippen LogP) is 5.72. The second kappa shape index (κ2) is 20.9. The van der Waals surface area contributed by atoms with Crippen molar-refractivity contribution in [3.8, 4) is 0 Å². The van der Waals surface area contributed by atoms with Crippen LogP contribution >= 0.6 is 0 Å². The van der Waals surface area contributed by atoms with Crippen LogP contribution in [-0.2, 0) is 35.1 Å². The summed E-state index contributed by atoms with van der Waals surface area (Å²) in [5, 5.41) is 5.98. The Kier molecular flexibility index (Phi) is 16.6. The van der Waals surface area contributed by atoms with Crippen LogP contribution in [0.5, 0.6) is 0 Å². The molecule has 0 saturated carbocycles. The van der Waals surface area contributed by atoms with Crippen LogP contribution in [0.3, 0.4) is 0 Å². The van der Waals surface area contributed by atoms with E-state index in [4.69, 9.17) is 4.74 Å². The molecule has 4 rings (SSSR count). The fraction of sp³-hybridized carbons (Fsp3) is 0.574. The normalized spacial score (nSPS) is 19.6. The topological polar surface area (TPSA) is 145 Å². The first-order valence-electron chi connectivity index (χ1n) is 21.3. The number of hydrogen-bond acceptors (Lipinski definition) is 8. The maximum atomic E-state index is 14.4. The minimum Gasteiger partial charge on any atom is -0.467 e. The van der Waals surface area contributed by atoms with Crippen LogP contribution in [0.15, 0.2) is 66.2 Å². The van der Waals surface area contributed by atoms with Crippen molar-refractivity contribution in [1.29, 1.82) is 0 Å². The number of carbonyl (C=O) groups is 6. The molecule has 2 aromatic carbocycles. The Hall–Kier alpha value is -4.84. The molecule has 322 valence electrons. The molecule has 2 unspecified atom stereocenters. The smallest absolute Gasteiger partial charge is 0.328 e. The largest absolute Gasteiger partial charge is 0.467 e. The summed E-state index contributed by atoms with van der Waals surface area (Å²) in [6.07, 6.45) is 6.63. The molecule has 2 aliphatic rings. The molecular weight excluding hydrogens is 747 g/mol. The minimum absolute atomic E-state index is 0.0775. The first-order valence-corrected chi connectivity index (χ1v) is 21.3. The summed E-state index contributed by atoms with van der Waals surface area (Å²) in [5.74, 6) is -1.98. The number of methoxy groups -OCH3 is 1. The van der Waals surface area contributed by atoms with E-state index in [2.05, 4.69) is 29.4 Å². The molecule has 2 saturated heterocycles. The molecule has 2 heterocycles. The van der Waals surface area contributed by atoms with E-state index in [0.29, 0.717) is 36.1 Å². The SMILES string of the molecule is CCC(C)N1CCCCC1C(=O)N[C@H](C(=O)N(C)[C@H](C=C(C)C(=O)N1CCC[C@H]1C(=O)N[C@@H](Cc1ccc(C(=O)c2ccccc2)cc1)C(=O)OC)C(C)C)C(C)(C)C. The van der Waals surface area contributed by atoms with E-state index < -0.39 is 41.5 Å². The molecule has 12 nitrogen and oxygen atoms in total. The highest BCUT2D eigenvalue weighted by atomic mass is 16.5. The van der Waals surface area contributed by atoms with Crippen LogP contribution in [-0.4, -0.2) is 114 Å². The standard InChI is InChI=1S/C47H67N5O7/c1-11-32(5)51-26-16-15-20-37(51)43(55)49-41(47(6,7)8)45(57)50(9)39(30(2)3)28-31(4)44(56)52-27-17-21-38(52)42(54)48-36(46(58)59-10)29-33-22-24-35(25-23-33)40(53)34-18-13-12-14-19-34/h12-14,18-19,22-25,28,30,32,36-39,41H,11,15-17,20-21,26-27,29H2,1-10H3,(H,48,54)(H,49,55)/t32?,36-,37?,38-,39+,41+/m0/s1. The summed E-state index contributed by atoms with van der Waals surface area (Å²) in [6.45, 7) is 17.0. The van der Waals surface area contributed by atoms with Gasteiger partial charge in [-0.25, -0.2) is 4.79 Å². The summed E-state index contributed by atoms with van der Waals surface area (Å²) >= 11 is 0. The summed E-state index contributed by atoms with van der Waals surface area (Å²) in [4.78, 5) is 87.4. The van der Waals surface area contributed by atoms with Crippen molar-refractivity contribution in [3.63, 3.8) is 0 Å². The Bertz CT molecular complexity index is 1820. The fourth-order valence-electron chi connectivity index (χ4n) is 8.21.